The van der Waals surface area contributed by atoms with Gasteiger partial charge < -0.3 is 5.32 Å². The molecule has 1 amide bonds. The first-order valence-corrected chi connectivity index (χ1v) is 7.74. The SMILES string of the molecule is CCc1nn(C)c2n[nH]c(NC(=O)c3cc(Cl)sc3Cl)c12. The lowest BCUT2D eigenvalue weighted by Gasteiger charge is -2.01. The summed E-state index contributed by atoms with van der Waals surface area (Å²) in [6, 6.07) is 1.54. The summed E-state index contributed by atoms with van der Waals surface area (Å²) in [5.74, 6) is 0.179. The monoisotopic (exact) mass is 343 g/mol. The molecule has 110 valence electrons. The maximum atomic E-state index is 12.3. The summed E-state index contributed by atoms with van der Waals surface area (Å²) in [7, 11) is 1.81. The number of thiophene rings is 1. The van der Waals surface area contributed by atoms with Gasteiger partial charge in [0.15, 0.2) is 5.65 Å². The molecule has 0 saturated heterocycles. The standard InChI is InChI=1S/C12H11Cl2N5OS/c1-3-6-8-10(16-17-11(8)19(2)18-6)15-12(20)5-4-7(13)21-9(5)14/h4H,3H2,1-2H3,(H2,15,16,17,20). The Morgan fingerprint density at radius 2 is 2.29 bits per heavy atom. The molecular weight excluding hydrogens is 333 g/mol. The third-order valence-electron chi connectivity index (χ3n) is 3.09. The minimum atomic E-state index is -0.334. The largest absolute Gasteiger partial charge is 0.306 e. The number of carbonyl (C=O) groups excluding carboxylic acids is 1. The van der Waals surface area contributed by atoms with E-state index in [0.29, 0.717) is 25.7 Å². The van der Waals surface area contributed by atoms with Crippen LogP contribution in [-0.4, -0.2) is 25.9 Å². The fourth-order valence-corrected chi connectivity index (χ4v) is 3.59. The summed E-state index contributed by atoms with van der Waals surface area (Å²) in [6.45, 7) is 2.00. The Balaban J connectivity index is 1.98. The van der Waals surface area contributed by atoms with Gasteiger partial charge in [-0.3, -0.25) is 9.89 Å². The van der Waals surface area contributed by atoms with Crippen molar-refractivity contribution >= 4 is 57.3 Å². The summed E-state index contributed by atoms with van der Waals surface area (Å²) in [4.78, 5) is 12.3. The van der Waals surface area contributed by atoms with E-state index in [2.05, 4.69) is 20.6 Å². The number of halogens is 2. The zero-order valence-corrected chi connectivity index (χ0v) is 13.5. The number of anilines is 1. The molecule has 0 aliphatic heterocycles. The lowest BCUT2D eigenvalue weighted by molar-refractivity contribution is 0.102. The van der Waals surface area contributed by atoms with Gasteiger partial charge in [-0.2, -0.15) is 10.2 Å². The Hall–Kier alpha value is -1.57. The van der Waals surface area contributed by atoms with Gasteiger partial charge in [0, 0.05) is 7.05 Å². The summed E-state index contributed by atoms with van der Waals surface area (Å²) in [5, 5.41) is 14.9. The number of nitrogens with one attached hydrogen (secondary N) is 2. The molecule has 0 aliphatic carbocycles. The molecule has 0 aromatic carbocycles. The van der Waals surface area contributed by atoms with Gasteiger partial charge in [0.25, 0.3) is 5.91 Å². The lowest BCUT2D eigenvalue weighted by Crippen LogP contribution is -2.12. The first kappa shape index (κ1) is 14.4. The van der Waals surface area contributed by atoms with Crippen LogP contribution in [0.25, 0.3) is 11.0 Å². The predicted molar refractivity (Wildman–Crippen MR) is 84.5 cm³/mol. The molecule has 2 N–H and O–H groups in total. The Bertz CT molecular complexity index is 834. The quantitative estimate of drug-likeness (QED) is 0.764. The van der Waals surface area contributed by atoms with Crippen molar-refractivity contribution in [2.24, 2.45) is 7.05 Å². The fraction of sp³-hybridized carbons (Fsp3) is 0.250. The highest BCUT2D eigenvalue weighted by Crippen LogP contribution is 2.32. The van der Waals surface area contributed by atoms with Gasteiger partial charge in [0.2, 0.25) is 0 Å². The van der Waals surface area contributed by atoms with E-state index in [1.165, 1.54) is 0 Å². The third kappa shape index (κ3) is 2.41. The first-order chi connectivity index (χ1) is 10.0. The maximum Gasteiger partial charge on any atom is 0.259 e. The number of carbonyl (C=O) groups is 1. The molecule has 0 spiro atoms. The van der Waals surface area contributed by atoms with Crippen molar-refractivity contribution in [1.29, 1.82) is 0 Å². The minimum Gasteiger partial charge on any atom is -0.306 e. The molecule has 0 saturated carbocycles. The van der Waals surface area contributed by atoms with Crippen LogP contribution in [0, 0.1) is 0 Å². The molecule has 0 bridgehead atoms. The van der Waals surface area contributed by atoms with Crippen molar-refractivity contribution in [3.63, 3.8) is 0 Å². The molecule has 0 radical (unpaired) electrons. The number of amides is 1. The molecule has 3 rings (SSSR count). The zero-order chi connectivity index (χ0) is 15.1. The molecule has 3 aromatic rings. The molecule has 0 fully saturated rings. The van der Waals surface area contributed by atoms with Crippen LogP contribution in [0.4, 0.5) is 5.82 Å². The molecule has 6 nitrogen and oxygen atoms in total. The van der Waals surface area contributed by atoms with Crippen molar-refractivity contribution < 1.29 is 4.79 Å². The third-order valence-corrected chi connectivity index (χ3v) is 4.58. The minimum absolute atomic E-state index is 0.334. The van der Waals surface area contributed by atoms with Crippen molar-refractivity contribution in [2.75, 3.05) is 5.32 Å². The highest BCUT2D eigenvalue weighted by atomic mass is 35.5. The molecule has 9 heteroatoms. The molecular formula is C12H11Cl2N5OS. The number of hydrogen-bond donors (Lipinski definition) is 2. The van der Waals surface area contributed by atoms with Crippen LogP contribution in [0.15, 0.2) is 6.07 Å². The Morgan fingerprint density at radius 1 is 1.52 bits per heavy atom. The second kappa shape index (κ2) is 5.32. The maximum absolute atomic E-state index is 12.3. The number of nitrogens with zero attached hydrogens (tertiary/aromatic N) is 3. The number of H-pyrrole nitrogens is 1. The summed E-state index contributed by atoms with van der Waals surface area (Å²) >= 11 is 13.0. The summed E-state index contributed by atoms with van der Waals surface area (Å²) in [6.07, 6.45) is 0.741. The fourth-order valence-electron chi connectivity index (χ4n) is 2.13. The molecule has 3 heterocycles. The number of rotatable bonds is 3. The van der Waals surface area contributed by atoms with E-state index in [1.54, 1.807) is 10.7 Å². The predicted octanol–water partition coefficient (Wildman–Crippen LogP) is 3.48. The molecule has 0 aliphatic rings. The number of hydrogen-bond acceptors (Lipinski definition) is 4. The Labute approximate surface area is 134 Å². The lowest BCUT2D eigenvalue weighted by atomic mass is 10.2. The van der Waals surface area contributed by atoms with E-state index in [1.807, 2.05) is 14.0 Å². The normalized spacial score (nSPS) is 11.2. The van der Waals surface area contributed by atoms with E-state index in [0.717, 1.165) is 28.8 Å². The van der Waals surface area contributed by atoms with E-state index in [-0.39, 0.29) is 5.91 Å². The first-order valence-electron chi connectivity index (χ1n) is 6.17. The molecule has 0 atom stereocenters. The highest BCUT2D eigenvalue weighted by molar-refractivity contribution is 7.20. The van der Waals surface area contributed by atoms with E-state index >= 15 is 0 Å². The Kier molecular flexibility index (Phi) is 3.64. The van der Waals surface area contributed by atoms with Gasteiger partial charge in [0.05, 0.1) is 21.0 Å². The van der Waals surface area contributed by atoms with Crippen LogP contribution in [0.2, 0.25) is 8.67 Å². The summed E-state index contributed by atoms with van der Waals surface area (Å²) < 4.78 is 2.50. The second-order valence-corrected chi connectivity index (χ2v) is 6.70. The topological polar surface area (TPSA) is 75.6 Å². The van der Waals surface area contributed by atoms with Gasteiger partial charge in [-0.1, -0.05) is 30.1 Å². The number of fused-ring (bicyclic) bond motifs is 1. The average Bonchev–Trinajstić information content (AvgIpc) is 3.07. The number of aromatic nitrogens is 4. The van der Waals surface area contributed by atoms with Crippen LogP contribution in [0.1, 0.15) is 23.0 Å². The van der Waals surface area contributed by atoms with Crippen LogP contribution in [-0.2, 0) is 13.5 Å². The highest BCUT2D eigenvalue weighted by Gasteiger charge is 2.20. The van der Waals surface area contributed by atoms with Crippen molar-refractivity contribution in [2.45, 2.75) is 13.3 Å². The zero-order valence-electron chi connectivity index (χ0n) is 11.2. The number of aryl methyl sites for hydroxylation is 2. The van der Waals surface area contributed by atoms with Crippen molar-refractivity contribution in [3.05, 3.63) is 26.0 Å². The second-order valence-electron chi connectivity index (χ2n) is 4.41. The molecule has 21 heavy (non-hydrogen) atoms. The summed E-state index contributed by atoms with van der Waals surface area (Å²) in [5.41, 5.74) is 1.90. The molecule has 3 aromatic heterocycles. The van der Waals surface area contributed by atoms with Gasteiger partial charge in [0.1, 0.15) is 10.2 Å². The van der Waals surface area contributed by atoms with E-state index < -0.39 is 0 Å². The smallest absolute Gasteiger partial charge is 0.259 e. The number of aromatic amines is 1. The van der Waals surface area contributed by atoms with Crippen molar-refractivity contribution in [1.82, 2.24) is 20.0 Å². The van der Waals surface area contributed by atoms with Crippen LogP contribution in [0.3, 0.4) is 0 Å². The van der Waals surface area contributed by atoms with E-state index in [4.69, 9.17) is 23.2 Å². The van der Waals surface area contributed by atoms with Gasteiger partial charge in [-0.25, -0.2) is 4.68 Å². The van der Waals surface area contributed by atoms with Crippen LogP contribution < -0.4 is 5.32 Å². The van der Waals surface area contributed by atoms with Gasteiger partial charge >= 0.3 is 0 Å². The Morgan fingerprint density at radius 3 is 2.90 bits per heavy atom. The van der Waals surface area contributed by atoms with Crippen LogP contribution >= 0.6 is 34.5 Å². The van der Waals surface area contributed by atoms with Gasteiger partial charge in [-0.05, 0) is 12.5 Å². The average molecular weight is 344 g/mol. The van der Waals surface area contributed by atoms with Crippen LogP contribution in [0.5, 0.6) is 0 Å². The van der Waals surface area contributed by atoms with Crippen molar-refractivity contribution in [3.8, 4) is 0 Å². The molecule has 0 unspecified atom stereocenters. The van der Waals surface area contributed by atoms with E-state index in [9.17, 15) is 4.79 Å². The van der Waals surface area contributed by atoms with Gasteiger partial charge in [-0.15, -0.1) is 11.3 Å².